The van der Waals surface area contributed by atoms with Gasteiger partial charge < -0.3 is 20.1 Å². The van der Waals surface area contributed by atoms with Crippen molar-refractivity contribution >= 4 is 6.03 Å². The molecule has 1 aliphatic heterocycles. The highest BCUT2D eigenvalue weighted by atomic mass is 16.2. The maximum absolute atomic E-state index is 11.8. The maximum Gasteiger partial charge on any atom is 0.319 e. The molecule has 0 aliphatic carbocycles. The molecule has 0 radical (unpaired) electrons. The predicted octanol–water partition coefficient (Wildman–Crippen LogP) is 0.688. The van der Waals surface area contributed by atoms with Gasteiger partial charge in [0.2, 0.25) is 0 Å². The van der Waals surface area contributed by atoms with E-state index in [0.717, 1.165) is 44.6 Å². The minimum atomic E-state index is 0.121. The van der Waals surface area contributed by atoms with Crippen LogP contribution in [0.3, 0.4) is 0 Å². The van der Waals surface area contributed by atoms with Crippen LogP contribution in [-0.4, -0.2) is 65.6 Å². The van der Waals surface area contributed by atoms with Crippen molar-refractivity contribution in [3.63, 3.8) is 0 Å². The third-order valence-corrected chi connectivity index (χ3v) is 3.53. The number of hydrogen-bond donors (Lipinski definition) is 2. The zero-order valence-corrected chi connectivity index (χ0v) is 11.7. The van der Waals surface area contributed by atoms with E-state index in [1.807, 2.05) is 11.1 Å². The molecule has 0 spiro atoms. The summed E-state index contributed by atoms with van der Waals surface area (Å²) in [6.45, 7) is 2.64. The molecule has 19 heavy (non-hydrogen) atoms. The van der Waals surface area contributed by atoms with Crippen LogP contribution in [-0.2, 0) is 6.42 Å². The molecule has 1 fully saturated rings. The van der Waals surface area contributed by atoms with Gasteiger partial charge in [0.25, 0.3) is 0 Å². The van der Waals surface area contributed by atoms with Crippen molar-refractivity contribution in [2.45, 2.75) is 25.3 Å². The van der Waals surface area contributed by atoms with Gasteiger partial charge in [-0.25, -0.2) is 9.78 Å². The molecule has 0 unspecified atom stereocenters. The number of imidazole rings is 1. The Bertz CT molecular complexity index is 382. The highest BCUT2D eigenvalue weighted by Gasteiger charge is 2.23. The summed E-state index contributed by atoms with van der Waals surface area (Å²) in [5, 5.41) is 3.55. The number of hydrogen-bond acceptors (Lipinski definition) is 3. The predicted molar refractivity (Wildman–Crippen MR) is 74.0 cm³/mol. The van der Waals surface area contributed by atoms with Crippen LogP contribution in [0.5, 0.6) is 0 Å². The van der Waals surface area contributed by atoms with E-state index in [9.17, 15) is 4.79 Å². The number of likely N-dealkylation sites (tertiary alicyclic amines) is 1. The first-order chi connectivity index (χ1) is 9.16. The van der Waals surface area contributed by atoms with E-state index in [1.54, 1.807) is 25.3 Å². The fourth-order valence-corrected chi connectivity index (χ4v) is 2.39. The molecule has 2 N–H and O–H groups in total. The fourth-order valence-electron chi connectivity index (χ4n) is 2.39. The summed E-state index contributed by atoms with van der Waals surface area (Å²) in [6.07, 6.45) is 6.60. The Morgan fingerprint density at radius 3 is 2.84 bits per heavy atom. The summed E-state index contributed by atoms with van der Waals surface area (Å²) in [5.74, 6) is 0. The number of carbonyl (C=O) groups is 1. The molecule has 106 valence electrons. The van der Waals surface area contributed by atoms with Crippen LogP contribution in [0, 0.1) is 0 Å². The number of aromatic nitrogens is 2. The maximum atomic E-state index is 11.8. The molecule has 0 atom stereocenters. The van der Waals surface area contributed by atoms with Crippen molar-refractivity contribution in [2.75, 3.05) is 33.7 Å². The van der Waals surface area contributed by atoms with E-state index in [4.69, 9.17) is 0 Å². The lowest BCUT2D eigenvalue weighted by Crippen LogP contribution is -2.48. The van der Waals surface area contributed by atoms with Crippen molar-refractivity contribution in [1.82, 2.24) is 25.1 Å². The monoisotopic (exact) mass is 265 g/mol. The first-order valence-corrected chi connectivity index (χ1v) is 6.83. The van der Waals surface area contributed by atoms with Gasteiger partial charge in [-0.1, -0.05) is 0 Å². The van der Waals surface area contributed by atoms with Crippen molar-refractivity contribution in [3.05, 3.63) is 18.2 Å². The fraction of sp³-hybridized carbons (Fsp3) is 0.692. The Balaban J connectivity index is 1.65. The molecule has 0 bridgehead atoms. The molecule has 1 aromatic rings. The average molecular weight is 265 g/mol. The zero-order valence-electron chi connectivity index (χ0n) is 11.7. The molecule has 1 saturated heterocycles. The van der Waals surface area contributed by atoms with Crippen molar-refractivity contribution in [2.24, 2.45) is 0 Å². The van der Waals surface area contributed by atoms with Gasteiger partial charge in [-0.05, 0) is 12.8 Å². The average Bonchev–Trinajstić information content (AvgIpc) is 2.92. The van der Waals surface area contributed by atoms with E-state index in [2.05, 4.69) is 15.3 Å². The van der Waals surface area contributed by atoms with E-state index in [0.29, 0.717) is 6.04 Å². The van der Waals surface area contributed by atoms with Gasteiger partial charge in [-0.3, -0.25) is 0 Å². The number of nitrogens with one attached hydrogen (secondary N) is 2. The summed E-state index contributed by atoms with van der Waals surface area (Å²) in [7, 11) is 3.61. The smallest absolute Gasteiger partial charge is 0.319 e. The van der Waals surface area contributed by atoms with Crippen LogP contribution in [0.4, 0.5) is 4.79 Å². The largest absolute Gasteiger partial charge is 0.348 e. The quantitative estimate of drug-likeness (QED) is 0.842. The summed E-state index contributed by atoms with van der Waals surface area (Å²) >= 11 is 0. The Morgan fingerprint density at radius 2 is 2.26 bits per heavy atom. The number of H-pyrrole nitrogens is 1. The Labute approximate surface area is 114 Å². The first kappa shape index (κ1) is 13.9. The van der Waals surface area contributed by atoms with Crippen LogP contribution in [0.1, 0.15) is 18.5 Å². The molecule has 0 aromatic carbocycles. The number of aromatic amines is 1. The number of rotatable bonds is 4. The minimum Gasteiger partial charge on any atom is -0.348 e. The lowest BCUT2D eigenvalue weighted by molar-refractivity contribution is 0.152. The standard InChI is InChI=1S/C13H23N5O/c1-17(2)13(19)18-7-4-11(5-8-18)15-6-3-12-9-14-10-16-12/h9-11,15H,3-8H2,1-2H3,(H,14,16). The van der Waals surface area contributed by atoms with E-state index in [-0.39, 0.29) is 6.03 Å². The topological polar surface area (TPSA) is 64.3 Å². The summed E-state index contributed by atoms with van der Waals surface area (Å²) < 4.78 is 0. The van der Waals surface area contributed by atoms with Crippen molar-refractivity contribution in [1.29, 1.82) is 0 Å². The highest BCUT2D eigenvalue weighted by molar-refractivity contribution is 5.73. The van der Waals surface area contributed by atoms with Gasteiger partial charge in [0.1, 0.15) is 0 Å². The molecule has 0 saturated carbocycles. The van der Waals surface area contributed by atoms with Gasteiger partial charge in [0.15, 0.2) is 0 Å². The van der Waals surface area contributed by atoms with Crippen LogP contribution < -0.4 is 5.32 Å². The van der Waals surface area contributed by atoms with Gasteiger partial charge in [-0.15, -0.1) is 0 Å². The van der Waals surface area contributed by atoms with Crippen LogP contribution in [0.15, 0.2) is 12.5 Å². The SMILES string of the molecule is CN(C)C(=O)N1CCC(NCCc2cnc[nH]2)CC1. The molecular formula is C13H23N5O. The van der Waals surface area contributed by atoms with E-state index >= 15 is 0 Å². The molecular weight excluding hydrogens is 242 g/mol. The molecule has 1 aromatic heterocycles. The third-order valence-electron chi connectivity index (χ3n) is 3.53. The number of urea groups is 1. The van der Waals surface area contributed by atoms with Gasteiger partial charge >= 0.3 is 6.03 Å². The van der Waals surface area contributed by atoms with Crippen LogP contribution >= 0.6 is 0 Å². The zero-order chi connectivity index (χ0) is 13.7. The summed E-state index contributed by atoms with van der Waals surface area (Å²) in [4.78, 5) is 22.5. The Morgan fingerprint density at radius 1 is 1.53 bits per heavy atom. The van der Waals surface area contributed by atoms with Crippen LogP contribution in [0.2, 0.25) is 0 Å². The third kappa shape index (κ3) is 3.96. The second-order valence-corrected chi connectivity index (χ2v) is 5.22. The van der Waals surface area contributed by atoms with Gasteiger partial charge in [-0.2, -0.15) is 0 Å². The summed E-state index contributed by atoms with van der Waals surface area (Å²) in [5.41, 5.74) is 1.16. The molecule has 2 heterocycles. The Hall–Kier alpha value is -1.56. The van der Waals surface area contributed by atoms with E-state index in [1.165, 1.54) is 0 Å². The lowest BCUT2D eigenvalue weighted by atomic mass is 10.1. The molecule has 2 rings (SSSR count). The first-order valence-electron chi connectivity index (χ1n) is 6.83. The molecule has 6 nitrogen and oxygen atoms in total. The second-order valence-electron chi connectivity index (χ2n) is 5.22. The number of piperidine rings is 1. The second kappa shape index (κ2) is 6.56. The van der Waals surface area contributed by atoms with E-state index < -0.39 is 0 Å². The molecule has 1 aliphatic rings. The number of amides is 2. The minimum absolute atomic E-state index is 0.121. The van der Waals surface area contributed by atoms with Crippen molar-refractivity contribution < 1.29 is 4.79 Å². The van der Waals surface area contributed by atoms with Crippen LogP contribution in [0.25, 0.3) is 0 Å². The molecule has 6 heteroatoms. The highest BCUT2D eigenvalue weighted by Crippen LogP contribution is 2.11. The van der Waals surface area contributed by atoms with Gasteiger partial charge in [0.05, 0.1) is 6.33 Å². The normalized spacial score (nSPS) is 16.6. The Kier molecular flexibility index (Phi) is 4.79. The summed E-state index contributed by atoms with van der Waals surface area (Å²) in [6, 6.07) is 0.644. The van der Waals surface area contributed by atoms with Gasteiger partial charge in [0, 0.05) is 58.1 Å². The lowest BCUT2D eigenvalue weighted by Gasteiger charge is -2.34. The number of nitrogens with zero attached hydrogens (tertiary/aromatic N) is 3. The van der Waals surface area contributed by atoms with Crippen molar-refractivity contribution in [3.8, 4) is 0 Å². The number of carbonyl (C=O) groups excluding carboxylic acids is 1. The molecule has 2 amide bonds.